The van der Waals surface area contributed by atoms with E-state index in [4.69, 9.17) is 34.8 Å². The lowest BCUT2D eigenvalue weighted by molar-refractivity contribution is 1.51. The van der Waals surface area contributed by atoms with Crippen LogP contribution in [0.25, 0.3) is 17.2 Å². The van der Waals surface area contributed by atoms with Gasteiger partial charge in [-0.3, -0.25) is 0 Å². The van der Waals surface area contributed by atoms with E-state index >= 15 is 0 Å². The van der Waals surface area contributed by atoms with E-state index in [-0.39, 0.29) is 4.99 Å². The fourth-order valence-corrected chi connectivity index (χ4v) is 2.01. The van der Waals surface area contributed by atoms with Crippen molar-refractivity contribution in [3.63, 3.8) is 0 Å². The summed E-state index contributed by atoms with van der Waals surface area (Å²) in [7, 11) is 0. The van der Waals surface area contributed by atoms with Crippen LogP contribution in [0.3, 0.4) is 0 Å². The summed E-state index contributed by atoms with van der Waals surface area (Å²) >= 11 is 10.7. The van der Waals surface area contributed by atoms with Crippen molar-refractivity contribution in [2.24, 2.45) is 5.73 Å². The monoisotopic (exact) mass is 298 g/mol. The molecule has 20 heavy (non-hydrogen) atoms. The Kier molecular flexibility index (Phi) is 4.52. The van der Waals surface area contributed by atoms with Crippen LogP contribution in [0.1, 0.15) is 5.56 Å². The summed E-state index contributed by atoms with van der Waals surface area (Å²) in [5.74, 6) is 0. The van der Waals surface area contributed by atoms with Gasteiger partial charge in [0.1, 0.15) is 11.1 Å². The van der Waals surface area contributed by atoms with E-state index in [1.54, 1.807) is 6.08 Å². The molecule has 0 heterocycles. The highest BCUT2D eigenvalue weighted by atomic mass is 35.5. The predicted molar refractivity (Wildman–Crippen MR) is 87.3 cm³/mol. The Bertz CT molecular complexity index is 712. The second kappa shape index (κ2) is 6.33. The number of nitrogens with two attached hydrogens (primary N) is 1. The molecule has 0 aromatic heterocycles. The van der Waals surface area contributed by atoms with Crippen LogP contribution in [0.5, 0.6) is 0 Å². The molecule has 0 saturated heterocycles. The lowest BCUT2D eigenvalue weighted by Crippen LogP contribution is -2.09. The molecule has 0 fully saturated rings. The Hall–Kier alpha value is -2.15. The van der Waals surface area contributed by atoms with E-state index in [2.05, 4.69) is 0 Å². The molecule has 0 amide bonds. The summed E-state index contributed by atoms with van der Waals surface area (Å²) in [4.78, 5) is 0.101. The molecule has 0 saturated carbocycles. The highest BCUT2D eigenvalue weighted by Gasteiger charge is 2.02. The Morgan fingerprint density at radius 1 is 1.15 bits per heavy atom. The van der Waals surface area contributed by atoms with Gasteiger partial charge in [0.15, 0.2) is 0 Å². The molecule has 0 spiro atoms. The maximum Gasteiger partial charge on any atom is 0.114 e. The van der Waals surface area contributed by atoms with Crippen molar-refractivity contribution in [3.8, 4) is 17.2 Å². The molecule has 2 nitrogen and oxygen atoms in total. The molecular weight excluding hydrogens is 288 g/mol. The number of hydrogen-bond acceptors (Lipinski definition) is 2. The SMILES string of the molecule is N#CC(=Cc1cccc(-c2ccc(Cl)cc2)c1)C(N)=S. The normalized spacial score (nSPS) is 10.9. The van der Waals surface area contributed by atoms with E-state index in [1.807, 2.05) is 54.6 Å². The molecule has 0 atom stereocenters. The number of hydrogen-bond donors (Lipinski definition) is 1. The number of rotatable bonds is 3. The van der Waals surface area contributed by atoms with Gasteiger partial charge in [-0.2, -0.15) is 5.26 Å². The molecule has 98 valence electrons. The van der Waals surface area contributed by atoms with Crippen molar-refractivity contribution in [3.05, 3.63) is 64.7 Å². The van der Waals surface area contributed by atoms with Crippen molar-refractivity contribution >= 4 is 34.9 Å². The van der Waals surface area contributed by atoms with Crippen LogP contribution in [0.2, 0.25) is 5.02 Å². The second-order valence-electron chi connectivity index (χ2n) is 4.17. The van der Waals surface area contributed by atoms with Gasteiger partial charge in [0.2, 0.25) is 0 Å². The van der Waals surface area contributed by atoms with Crippen LogP contribution in [-0.2, 0) is 0 Å². The first kappa shape index (κ1) is 14.3. The van der Waals surface area contributed by atoms with Crippen LogP contribution in [0, 0.1) is 11.3 Å². The van der Waals surface area contributed by atoms with Crippen LogP contribution < -0.4 is 5.73 Å². The minimum absolute atomic E-state index is 0.101. The van der Waals surface area contributed by atoms with Crippen molar-refractivity contribution in [1.82, 2.24) is 0 Å². The lowest BCUT2D eigenvalue weighted by atomic mass is 10.0. The summed E-state index contributed by atoms with van der Waals surface area (Å²) in [5, 5.41) is 9.67. The quantitative estimate of drug-likeness (QED) is 0.525. The standard InChI is InChI=1S/C16H11ClN2S/c17-15-6-4-12(5-7-15)13-3-1-2-11(8-13)9-14(10-18)16(19)20/h1-9H,(H2,19,20). The molecule has 0 unspecified atom stereocenters. The van der Waals surface area contributed by atoms with Gasteiger partial charge in [0, 0.05) is 5.02 Å². The van der Waals surface area contributed by atoms with Gasteiger partial charge in [0.25, 0.3) is 0 Å². The van der Waals surface area contributed by atoms with Gasteiger partial charge < -0.3 is 5.73 Å². The van der Waals surface area contributed by atoms with E-state index < -0.39 is 0 Å². The minimum Gasteiger partial charge on any atom is -0.389 e. The Balaban J connectivity index is 2.41. The Labute approximate surface area is 128 Å². The van der Waals surface area contributed by atoms with E-state index in [9.17, 15) is 0 Å². The summed E-state index contributed by atoms with van der Waals surface area (Å²) in [6.45, 7) is 0. The summed E-state index contributed by atoms with van der Waals surface area (Å²) in [6, 6.07) is 17.4. The van der Waals surface area contributed by atoms with Gasteiger partial charge in [-0.25, -0.2) is 0 Å². The van der Waals surface area contributed by atoms with Gasteiger partial charge in [-0.05, 0) is 41.0 Å². The first-order chi connectivity index (χ1) is 9.60. The zero-order valence-electron chi connectivity index (χ0n) is 10.5. The average molecular weight is 299 g/mol. The molecule has 0 aliphatic carbocycles. The van der Waals surface area contributed by atoms with Crippen LogP contribution in [0.15, 0.2) is 54.1 Å². The Morgan fingerprint density at radius 3 is 2.45 bits per heavy atom. The highest BCUT2D eigenvalue weighted by molar-refractivity contribution is 7.80. The molecule has 0 aliphatic rings. The third-order valence-electron chi connectivity index (χ3n) is 2.76. The zero-order chi connectivity index (χ0) is 14.5. The van der Waals surface area contributed by atoms with Gasteiger partial charge in [0.05, 0.1) is 5.57 Å². The van der Waals surface area contributed by atoms with Crippen molar-refractivity contribution in [1.29, 1.82) is 5.26 Å². The second-order valence-corrected chi connectivity index (χ2v) is 5.04. The first-order valence-corrected chi connectivity index (χ1v) is 6.66. The predicted octanol–water partition coefficient (Wildman–Crippen LogP) is 4.20. The lowest BCUT2D eigenvalue weighted by Gasteiger charge is -2.04. The van der Waals surface area contributed by atoms with Crippen molar-refractivity contribution in [2.45, 2.75) is 0 Å². The zero-order valence-corrected chi connectivity index (χ0v) is 12.1. The minimum atomic E-state index is 0.101. The average Bonchev–Trinajstić information content (AvgIpc) is 2.45. The smallest absolute Gasteiger partial charge is 0.114 e. The molecule has 2 N–H and O–H groups in total. The van der Waals surface area contributed by atoms with Crippen molar-refractivity contribution in [2.75, 3.05) is 0 Å². The Morgan fingerprint density at radius 2 is 1.85 bits per heavy atom. The van der Waals surface area contributed by atoms with Crippen molar-refractivity contribution < 1.29 is 0 Å². The van der Waals surface area contributed by atoms with Crippen LogP contribution in [-0.4, -0.2) is 4.99 Å². The van der Waals surface area contributed by atoms with Gasteiger partial charge in [-0.15, -0.1) is 0 Å². The molecule has 2 aromatic carbocycles. The van der Waals surface area contributed by atoms with Crippen LogP contribution in [0.4, 0.5) is 0 Å². The fraction of sp³-hybridized carbons (Fsp3) is 0. The van der Waals surface area contributed by atoms with Gasteiger partial charge >= 0.3 is 0 Å². The molecule has 4 heteroatoms. The van der Waals surface area contributed by atoms with E-state index in [0.717, 1.165) is 16.7 Å². The molecule has 0 bridgehead atoms. The third-order valence-corrected chi connectivity index (χ3v) is 3.23. The number of thiocarbonyl (C=S) groups is 1. The summed E-state index contributed by atoms with van der Waals surface area (Å²) in [6.07, 6.45) is 1.68. The maximum atomic E-state index is 8.97. The molecule has 2 rings (SSSR count). The number of halogens is 1. The topological polar surface area (TPSA) is 49.8 Å². The largest absolute Gasteiger partial charge is 0.389 e. The first-order valence-electron chi connectivity index (χ1n) is 5.88. The van der Waals surface area contributed by atoms with E-state index in [1.165, 1.54) is 0 Å². The van der Waals surface area contributed by atoms with Crippen LogP contribution >= 0.6 is 23.8 Å². The number of nitriles is 1. The maximum absolute atomic E-state index is 8.97. The molecule has 0 radical (unpaired) electrons. The van der Waals surface area contributed by atoms with Gasteiger partial charge in [-0.1, -0.05) is 54.2 Å². The number of nitrogens with zero attached hydrogens (tertiary/aromatic N) is 1. The summed E-state index contributed by atoms with van der Waals surface area (Å²) in [5.41, 5.74) is 8.75. The van der Waals surface area contributed by atoms with E-state index in [0.29, 0.717) is 10.6 Å². The molecule has 0 aliphatic heterocycles. The number of benzene rings is 2. The highest BCUT2D eigenvalue weighted by Crippen LogP contribution is 2.23. The summed E-state index contributed by atoms with van der Waals surface area (Å²) < 4.78 is 0. The fourth-order valence-electron chi connectivity index (χ4n) is 1.78. The third kappa shape index (κ3) is 3.45. The molecule has 2 aromatic rings. The molecular formula is C16H11ClN2S.